The van der Waals surface area contributed by atoms with E-state index in [1.54, 1.807) is 17.5 Å². The van der Waals surface area contributed by atoms with Crippen molar-refractivity contribution in [2.75, 3.05) is 18.4 Å². The van der Waals surface area contributed by atoms with Crippen LogP contribution < -0.4 is 10.6 Å². The minimum absolute atomic E-state index is 0.413. The van der Waals surface area contributed by atoms with Gasteiger partial charge < -0.3 is 10.6 Å². The molecule has 0 spiro atoms. The van der Waals surface area contributed by atoms with Gasteiger partial charge in [0.15, 0.2) is 0 Å². The van der Waals surface area contributed by atoms with Crippen LogP contribution in [0.3, 0.4) is 0 Å². The van der Waals surface area contributed by atoms with Crippen molar-refractivity contribution in [2.45, 2.75) is 18.9 Å². The number of nitriles is 1. The maximum Gasteiger partial charge on any atom is 0.135 e. The molecule has 0 radical (unpaired) electrons. The number of nitrogens with one attached hydrogen (secondary N) is 2. The van der Waals surface area contributed by atoms with Crippen LogP contribution in [0.1, 0.15) is 18.4 Å². The molecule has 1 aliphatic rings. The Bertz CT molecular complexity index is 640. The van der Waals surface area contributed by atoms with Crippen molar-refractivity contribution in [1.82, 2.24) is 10.3 Å². The SMILES string of the molecule is N#Cc1cnc(N[C@H]2CCCNC2)c2cc(Br)sc12. The zero-order chi connectivity index (χ0) is 13.2. The average molecular weight is 337 g/mol. The molecule has 2 aromatic rings. The van der Waals surface area contributed by atoms with Gasteiger partial charge >= 0.3 is 0 Å². The third kappa shape index (κ3) is 2.59. The second kappa shape index (κ2) is 5.45. The van der Waals surface area contributed by atoms with E-state index in [4.69, 9.17) is 5.26 Å². The van der Waals surface area contributed by atoms with Crippen LogP contribution in [-0.4, -0.2) is 24.1 Å². The summed E-state index contributed by atoms with van der Waals surface area (Å²) in [4.78, 5) is 4.41. The monoisotopic (exact) mass is 336 g/mol. The molecule has 1 aliphatic heterocycles. The lowest BCUT2D eigenvalue weighted by Gasteiger charge is -2.24. The fourth-order valence-electron chi connectivity index (χ4n) is 2.36. The first-order chi connectivity index (χ1) is 9.28. The number of thiophene rings is 1. The predicted octanol–water partition coefficient (Wildman–Crippen LogP) is 3.09. The molecule has 4 nitrogen and oxygen atoms in total. The molecular weight excluding hydrogens is 324 g/mol. The molecule has 2 N–H and O–H groups in total. The number of rotatable bonds is 2. The lowest BCUT2D eigenvalue weighted by molar-refractivity contribution is 0.479. The molecule has 19 heavy (non-hydrogen) atoms. The first-order valence-electron chi connectivity index (χ1n) is 6.23. The highest BCUT2D eigenvalue weighted by molar-refractivity contribution is 9.11. The Hall–Kier alpha value is -1.16. The quantitative estimate of drug-likeness (QED) is 0.884. The minimum Gasteiger partial charge on any atom is -0.366 e. The molecule has 3 heterocycles. The summed E-state index contributed by atoms with van der Waals surface area (Å²) in [5.74, 6) is 0.879. The van der Waals surface area contributed by atoms with Gasteiger partial charge in [0.2, 0.25) is 0 Å². The van der Waals surface area contributed by atoms with Crippen LogP contribution in [-0.2, 0) is 0 Å². The molecule has 0 bridgehead atoms. The lowest BCUT2D eigenvalue weighted by Crippen LogP contribution is -2.38. The molecule has 0 saturated carbocycles. The van der Waals surface area contributed by atoms with Gasteiger partial charge in [0.25, 0.3) is 0 Å². The van der Waals surface area contributed by atoms with Crippen LogP contribution in [0.2, 0.25) is 0 Å². The van der Waals surface area contributed by atoms with Crippen LogP contribution in [0.15, 0.2) is 16.0 Å². The molecule has 0 aliphatic carbocycles. The molecule has 3 rings (SSSR count). The van der Waals surface area contributed by atoms with Crippen molar-refractivity contribution in [1.29, 1.82) is 5.26 Å². The lowest BCUT2D eigenvalue weighted by atomic mass is 10.1. The third-order valence-corrected chi connectivity index (χ3v) is 4.95. The van der Waals surface area contributed by atoms with Gasteiger partial charge in [-0.15, -0.1) is 11.3 Å². The standard InChI is InChI=1S/C13H13BrN4S/c14-11-4-10-12(19-11)8(5-15)6-17-13(10)18-9-2-1-3-16-7-9/h4,6,9,16H,1-3,7H2,(H,17,18)/t9-/m0/s1. The Balaban J connectivity index is 1.97. The second-order valence-corrected chi connectivity index (χ2v) is 7.04. The largest absolute Gasteiger partial charge is 0.366 e. The van der Waals surface area contributed by atoms with Gasteiger partial charge in [-0.2, -0.15) is 5.26 Å². The van der Waals surface area contributed by atoms with E-state index in [2.05, 4.69) is 37.6 Å². The molecule has 0 aromatic carbocycles. The number of hydrogen-bond donors (Lipinski definition) is 2. The van der Waals surface area contributed by atoms with Crippen molar-refractivity contribution in [3.63, 3.8) is 0 Å². The highest BCUT2D eigenvalue weighted by atomic mass is 79.9. The van der Waals surface area contributed by atoms with Gasteiger partial charge in [-0.05, 0) is 41.4 Å². The van der Waals surface area contributed by atoms with Gasteiger partial charge in [-0.3, -0.25) is 0 Å². The highest BCUT2D eigenvalue weighted by Gasteiger charge is 2.16. The number of anilines is 1. The van der Waals surface area contributed by atoms with Crippen molar-refractivity contribution in [3.8, 4) is 6.07 Å². The zero-order valence-electron chi connectivity index (χ0n) is 10.2. The summed E-state index contributed by atoms with van der Waals surface area (Å²) in [7, 11) is 0. The van der Waals surface area contributed by atoms with E-state index in [0.717, 1.165) is 39.2 Å². The van der Waals surface area contributed by atoms with Gasteiger partial charge in [-0.1, -0.05) is 0 Å². The van der Waals surface area contributed by atoms with Gasteiger partial charge in [0, 0.05) is 24.2 Å². The number of nitrogens with zero attached hydrogens (tertiary/aromatic N) is 2. The molecule has 1 fully saturated rings. The summed E-state index contributed by atoms with van der Waals surface area (Å²) >= 11 is 5.07. The number of fused-ring (bicyclic) bond motifs is 1. The first-order valence-corrected chi connectivity index (χ1v) is 7.84. The summed E-state index contributed by atoms with van der Waals surface area (Å²) in [6.07, 6.45) is 4.00. The normalized spacial score (nSPS) is 19.3. The van der Waals surface area contributed by atoms with Crippen LogP contribution in [0, 0.1) is 11.3 Å². The molecule has 0 amide bonds. The Morgan fingerprint density at radius 3 is 3.21 bits per heavy atom. The van der Waals surface area contributed by atoms with E-state index in [0.29, 0.717) is 11.6 Å². The van der Waals surface area contributed by atoms with E-state index in [9.17, 15) is 0 Å². The minimum atomic E-state index is 0.413. The Morgan fingerprint density at radius 2 is 2.47 bits per heavy atom. The number of halogens is 1. The molecular formula is C13H13BrN4S. The van der Waals surface area contributed by atoms with E-state index in [1.807, 2.05) is 6.07 Å². The number of hydrogen-bond acceptors (Lipinski definition) is 5. The topological polar surface area (TPSA) is 60.7 Å². The summed E-state index contributed by atoms with van der Waals surface area (Å²) < 4.78 is 2.02. The molecule has 98 valence electrons. The molecule has 0 unspecified atom stereocenters. The van der Waals surface area contributed by atoms with E-state index < -0.39 is 0 Å². The summed E-state index contributed by atoms with van der Waals surface area (Å²) in [6, 6.07) is 4.65. The van der Waals surface area contributed by atoms with Crippen molar-refractivity contribution in [2.24, 2.45) is 0 Å². The van der Waals surface area contributed by atoms with Gasteiger partial charge in [-0.25, -0.2) is 4.98 Å². The third-order valence-electron chi connectivity index (χ3n) is 3.28. The van der Waals surface area contributed by atoms with E-state index >= 15 is 0 Å². The Labute approximate surface area is 124 Å². The first kappa shape index (κ1) is 12.9. The summed E-state index contributed by atoms with van der Waals surface area (Å²) in [5.41, 5.74) is 0.637. The van der Waals surface area contributed by atoms with Crippen molar-refractivity contribution < 1.29 is 0 Å². The summed E-state index contributed by atoms with van der Waals surface area (Å²) in [5, 5.41) is 17.0. The fraction of sp³-hybridized carbons (Fsp3) is 0.385. The van der Waals surface area contributed by atoms with Crippen molar-refractivity contribution in [3.05, 3.63) is 21.6 Å². The molecule has 1 saturated heterocycles. The van der Waals surface area contributed by atoms with Crippen molar-refractivity contribution >= 4 is 43.2 Å². The maximum absolute atomic E-state index is 9.13. The molecule has 1 atom stereocenters. The van der Waals surface area contributed by atoms with Crippen LogP contribution in [0.5, 0.6) is 0 Å². The van der Waals surface area contributed by atoms with Crippen LogP contribution in [0.25, 0.3) is 10.1 Å². The molecule has 6 heteroatoms. The fourth-order valence-corrected chi connectivity index (χ4v) is 3.92. The second-order valence-electron chi connectivity index (χ2n) is 4.61. The number of aromatic nitrogens is 1. The maximum atomic E-state index is 9.13. The highest BCUT2D eigenvalue weighted by Crippen LogP contribution is 2.35. The molecule has 2 aromatic heterocycles. The average Bonchev–Trinajstić information content (AvgIpc) is 2.82. The number of pyridine rings is 1. The predicted molar refractivity (Wildman–Crippen MR) is 81.5 cm³/mol. The zero-order valence-corrected chi connectivity index (χ0v) is 12.6. The van der Waals surface area contributed by atoms with E-state index in [1.165, 1.54) is 6.42 Å². The van der Waals surface area contributed by atoms with Gasteiger partial charge in [0.05, 0.1) is 14.0 Å². The van der Waals surface area contributed by atoms with Crippen LogP contribution >= 0.6 is 27.3 Å². The van der Waals surface area contributed by atoms with E-state index in [-0.39, 0.29) is 0 Å². The Kier molecular flexibility index (Phi) is 3.69. The van der Waals surface area contributed by atoms with Gasteiger partial charge in [0.1, 0.15) is 11.9 Å². The Morgan fingerprint density at radius 1 is 1.58 bits per heavy atom. The smallest absolute Gasteiger partial charge is 0.135 e. The van der Waals surface area contributed by atoms with Crippen LogP contribution in [0.4, 0.5) is 5.82 Å². The summed E-state index contributed by atoms with van der Waals surface area (Å²) in [6.45, 7) is 2.06. The number of piperidine rings is 1.